The van der Waals surface area contributed by atoms with Crippen LogP contribution in [0.2, 0.25) is 0 Å². The molecule has 0 aromatic heterocycles. The second-order valence-electron chi connectivity index (χ2n) is 6.40. The second kappa shape index (κ2) is 7.04. The smallest absolute Gasteiger partial charge is 0.268 e. The molecule has 3 N–H and O–H groups in total. The quantitative estimate of drug-likeness (QED) is 0.539. The van der Waals surface area contributed by atoms with Crippen LogP contribution in [0.1, 0.15) is 41.0 Å². The lowest BCUT2D eigenvalue weighted by Gasteiger charge is -2.27. The van der Waals surface area contributed by atoms with E-state index < -0.39 is 17.6 Å². The highest BCUT2D eigenvalue weighted by Gasteiger charge is 2.25. The van der Waals surface area contributed by atoms with E-state index in [0.717, 1.165) is 5.70 Å². The van der Waals surface area contributed by atoms with Gasteiger partial charge in [-0.1, -0.05) is 6.92 Å². The minimum absolute atomic E-state index is 0.104. The van der Waals surface area contributed by atoms with E-state index in [4.69, 9.17) is 9.94 Å². The summed E-state index contributed by atoms with van der Waals surface area (Å²) in [6, 6.07) is -0.735. The van der Waals surface area contributed by atoms with Crippen molar-refractivity contribution in [3.63, 3.8) is 0 Å². The largest absolute Gasteiger partial charge is 0.375 e. The molecule has 0 heterocycles. The molecule has 6 heteroatoms. The average Bonchev–Trinajstić information content (AvgIpc) is 2.38. The van der Waals surface area contributed by atoms with Crippen LogP contribution in [0.25, 0.3) is 0 Å². The Morgan fingerprint density at radius 2 is 2.19 bits per heavy atom. The molecule has 0 saturated carbocycles. The van der Waals surface area contributed by atoms with E-state index in [1.54, 1.807) is 25.4 Å². The zero-order chi connectivity index (χ0) is 16.2. The summed E-state index contributed by atoms with van der Waals surface area (Å²) in [6.07, 6.45) is 2.16. The molecule has 0 saturated heterocycles. The van der Waals surface area contributed by atoms with Gasteiger partial charge in [-0.2, -0.15) is 0 Å². The monoisotopic (exact) mass is 300 g/mol. The minimum atomic E-state index is -0.735. The zero-order valence-corrected chi connectivity index (χ0v) is 13.3. The van der Waals surface area contributed by atoms with Crippen molar-refractivity contribution < 1.29 is 19.1 Å². The van der Waals surface area contributed by atoms with Gasteiger partial charge in [-0.3, -0.25) is 10.0 Å². The van der Waals surface area contributed by atoms with Crippen molar-refractivity contribution in [1.29, 1.82) is 0 Å². The number of allylic oxidation sites excluding steroid dienone is 4. The molecule has 0 bridgehead atoms. The molecule has 0 aromatic rings. The molecular formula is C15H25FN2O3. The summed E-state index contributed by atoms with van der Waals surface area (Å²) in [7, 11) is 0. The average molecular weight is 300 g/mol. The first kappa shape index (κ1) is 17.7. The lowest BCUT2D eigenvalue weighted by Crippen LogP contribution is -2.47. The Hall–Kier alpha value is -1.40. The SMILES string of the molecule is CC1=C(F)C(C)CC(N[C@H](COC(C)(C)C)C(=O)NO)=C1. The second-order valence-corrected chi connectivity index (χ2v) is 6.40. The van der Waals surface area contributed by atoms with Crippen LogP contribution in [-0.2, 0) is 9.53 Å². The first-order valence-corrected chi connectivity index (χ1v) is 7.05. The number of hydroxylamine groups is 1. The molecule has 0 aliphatic heterocycles. The van der Waals surface area contributed by atoms with E-state index in [2.05, 4.69) is 5.32 Å². The molecular weight excluding hydrogens is 275 g/mol. The molecule has 5 nitrogen and oxygen atoms in total. The van der Waals surface area contributed by atoms with Gasteiger partial charge in [0, 0.05) is 11.6 Å². The van der Waals surface area contributed by atoms with Crippen LogP contribution in [0, 0.1) is 5.92 Å². The highest BCUT2D eigenvalue weighted by molar-refractivity contribution is 5.81. The Morgan fingerprint density at radius 1 is 1.57 bits per heavy atom. The Morgan fingerprint density at radius 3 is 2.67 bits per heavy atom. The summed E-state index contributed by atoms with van der Waals surface area (Å²) in [5.74, 6) is -0.936. The van der Waals surface area contributed by atoms with Crippen LogP contribution in [0.15, 0.2) is 23.2 Å². The molecule has 120 valence electrons. The van der Waals surface area contributed by atoms with Crippen LogP contribution in [0.3, 0.4) is 0 Å². The number of rotatable bonds is 5. The number of nitrogens with one attached hydrogen (secondary N) is 2. The van der Waals surface area contributed by atoms with Gasteiger partial charge in [0.1, 0.15) is 11.9 Å². The van der Waals surface area contributed by atoms with Crippen LogP contribution in [-0.4, -0.2) is 29.4 Å². The van der Waals surface area contributed by atoms with Crippen molar-refractivity contribution in [3.05, 3.63) is 23.2 Å². The first-order chi connectivity index (χ1) is 9.64. The van der Waals surface area contributed by atoms with Crippen LogP contribution in [0.4, 0.5) is 4.39 Å². The third-order valence-electron chi connectivity index (χ3n) is 3.20. The normalized spacial score (nSPS) is 20.9. The van der Waals surface area contributed by atoms with Gasteiger partial charge in [-0.15, -0.1) is 0 Å². The minimum Gasteiger partial charge on any atom is -0.375 e. The number of ether oxygens (including phenoxy) is 1. The van der Waals surface area contributed by atoms with Crippen LogP contribution < -0.4 is 10.8 Å². The number of carbonyl (C=O) groups excluding carboxylic acids is 1. The third kappa shape index (κ3) is 5.47. The lowest BCUT2D eigenvalue weighted by molar-refractivity contribution is -0.134. The van der Waals surface area contributed by atoms with E-state index in [9.17, 15) is 9.18 Å². The van der Waals surface area contributed by atoms with Crippen molar-refractivity contribution in [2.45, 2.75) is 52.7 Å². The van der Waals surface area contributed by atoms with Gasteiger partial charge < -0.3 is 10.1 Å². The van der Waals surface area contributed by atoms with E-state index in [0.29, 0.717) is 12.0 Å². The summed E-state index contributed by atoms with van der Waals surface area (Å²) < 4.78 is 19.3. The molecule has 0 aromatic carbocycles. The van der Waals surface area contributed by atoms with Crippen molar-refractivity contribution in [3.8, 4) is 0 Å². The van der Waals surface area contributed by atoms with E-state index in [1.807, 2.05) is 20.8 Å². The van der Waals surface area contributed by atoms with E-state index >= 15 is 0 Å². The molecule has 1 aliphatic carbocycles. The molecule has 1 aliphatic rings. The summed E-state index contributed by atoms with van der Waals surface area (Å²) in [5.41, 5.74) is 2.54. The standard InChI is InChI=1S/C15H25FN2O3/c1-9-6-11(7-10(2)13(9)16)17-12(14(19)18-20)8-21-15(3,4)5/h6,10,12,17,20H,7-8H2,1-5H3,(H,18,19)/t10?,12-/m1/s1. The van der Waals surface area contributed by atoms with Crippen molar-refractivity contribution in [1.82, 2.24) is 10.8 Å². The Balaban J connectivity index is 2.78. The summed E-state index contributed by atoms with van der Waals surface area (Å²) >= 11 is 0. The predicted molar refractivity (Wildman–Crippen MR) is 78.2 cm³/mol. The third-order valence-corrected chi connectivity index (χ3v) is 3.20. The predicted octanol–water partition coefficient (Wildman–Crippen LogP) is 2.43. The maximum Gasteiger partial charge on any atom is 0.268 e. The number of halogens is 1. The Bertz CT molecular complexity index is 452. The van der Waals surface area contributed by atoms with Crippen LogP contribution >= 0.6 is 0 Å². The van der Waals surface area contributed by atoms with Crippen molar-refractivity contribution in [2.75, 3.05) is 6.61 Å². The molecule has 0 spiro atoms. The van der Waals surface area contributed by atoms with Gasteiger partial charge in [0.15, 0.2) is 0 Å². The molecule has 1 rings (SSSR count). The Labute approximate surface area is 125 Å². The number of carbonyl (C=O) groups is 1. The lowest BCUT2D eigenvalue weighted by atomic mass is 9.94. The fourth-order valence-electron chi connectivity index (χ4n) is 2.12. The molecule has 2 atom stereocenters. The molecule has 1 unspecified atom stereocenters. The maximum absolute atomic E-state index is 13.7. The van der Waals surface area contributed by atoms with Crippen molar-refractivity contribution >= 4 is 5.91 Å². The molecule has 1 amide bonds. The van der Waals surface area contributed by atoms with Crippen LogP contribution in [0.5, 0.6) is 0 Å². The molecule has 0 radical (unpaired) electrons. The Kier molecular flexibility index (Phi) is 5.92. The van der Waals surface area contributed by atoms with Gasteiger partial charge in [-0.25, -0.2) is 9.87 Å². The fraction of sp³-hybridized carbons (Fsp3) is 0.667. The number of hydrogen-bond donors (Lipinski definition) is 3. The van der Waals surface area contributed by atoms with Gasteiger partial charge >= 0.3 is 0 Å². The fourth-order valence-corrected chi connectivity index (χ4v) is 2.12. The molecule has 21 heavy (non-hydrogen) atoms. The number of hydrogen-bond acceptors (Lipinski definition) is 4. The highest BCUT2D eigenvalue weighted by atomic mass is 19.1. The van der Waals surface area contributed by atoms with E-state index in [-0.39, 0.29) is 18.4 Å². The van der Waals surface area contributed by atoms with Gasteiger partial charge in [0.05, 0.1) is 12.2 Å². The van der Waals surface area contributed by atoms with E-state index in [1.165, 1.54) is 0 Å². The summed E-state index contributed by atoms with van der Waals surface area (Å²) in [4.78, 5) is 11.7. The van der Waals surface area contributed by atoms with Crippen molar-refractivity contribution in [2.24, 2.45) is 5.92 Å². The number of amides is 1. The summed E-state index contributed by atoms with van der Waals surface area (Å²) in [6.45, 7) is 9.23. The highest BCUT2D eigenvalue weighted by Crippen LogP contribution is 2.29. The molecule has 0 fully saturated rings. The van der Waals surface area contributed by atoms with Gasteiger partial charge in [-0.05, 0) is 45.8 Å². The summed E-state index contributed by atoms with van der Waals surface area (Å²) in [5, 5.41) is 11.9. The van der Waals surface area contributed by atoms with Gasteiger partial charge in [0.25, 0.3) is 5.91 Å². The zero-order valence-electron chi connectivity index (χ0n) is 13.3. The topological polar surface area (TPSA) is 70.6 Å². The van der Waals surface area contributed by atoms with Gasteiger partial charge in [0.2, 0.25) is 0 Å². The maximum atomic E-state index is 13.7. The first-order valence-electron chi connectivity index (χ1n) is 7.05.